The zero-order valence-electron chi connectivity index (χ0n) is 12.6. The van der Waals surface area contributed by atoms with E-state index in [1.165, 1.54) is 31.2 Å². The first kappa shape index (κ1) is 13.3. The zero-order valence-corrected chi connectivity index (χ0v) is 12.6. The lowest BCUT2D eigenvalue weighted by Crippen LogP contribution is -2.44. The summed E-state index contributed by atoms with van der Waals surface area (Å²) in [5.41, 5.74) is 1.38. The Morgan fingerprint density at radius 1 is 1.25 bits per heavy atom. The van der Waals surface area contributed by atoms with Gasteiger partial charge < -0.3 is 14.4 Å². The third kappa shape index (κ3) is 2.05. The summed E-state index contributed by atoms with van der Waals surface area (Å²) in [5, 5.41) is 0. The third-order valence-electron chi connectivity index (χ3n) is 4.91. The molecule has 1 fully saturated rings. The molecule has 1 heterocycles. The molecule has 0 unspecified atom stereocenters. The van der Waals surface area contributed by atoms with Crippen LogP contribution >= 0.6 is 0 Å². The molecule has 1 aromatic carbocycles. The summed E-state index contributed by atoms with van der Waals surface area (Å²) in [4.78, 5) is 2.35. The van der Waals surface area contributed by atoms with E-state index < -0.39 is 0 Å². The third-order valence-corrected chi connectivity index (χ3v) is 4.91. The van der Waals surface area contributed by atoms with Crippen LogP contribution in [0, 0.1) is 0 Å². The number of nitrogens with zero attached hydrogens (tertiary/aromatic N) is 1. The van der Waals surface area contributed by atoms with Crippen molar-refractivity contribution in [3.8, 4) is 11.5 Å². The van der Waals surface area contributed by atoms with E-state index in [0.717, 1.165) is 11.5 Å². The van der Waals surface area contributed by atoms with Crippen molar-refractivity contribution in [2.75, 3.05) is 21.3 Å². The van der Waals surface area contributed by atoms with Gasteiger partial charge in [0.25, 0.3) is 0 Å². The number of hydrogen-bond acceptors (Lipinski definition) is 3. The second kappa shape index (κ2) is 5.04. The maximum absolute atomic E-state index is 5.61. The summed E-state index contributed by atoms with van der Waals surface area (Å²) in [5.74, 6) is 1.88. The summed E-state index contributed by atoms with van der Waals surface area (Å²) in [7, 11) is 5.65. The van der Waals surface area contributed by atoms with Gasteiger partial charge in [-0.25, -0.2) is 0 Å². The van der Waals surface area contributed by atoms with Crippen LogP contribution in [0.1, 0.15) is 31.2 Å². The van der Waals surface area contributed by atoms with Gasteiger partial charge in [-0.1, -0.05) is 12.5 Å². The highest BCUT2D eigenvalue weighted by Crippen LogP contribution is 2.48. The second-order valence-corrected chi connectivity index (χ2v) is 5.95. The van der Waals surface area contributed by atoms with Crippen molar-refractivity contribution in [3.63, 3.8) is 0 Å². The molecule has 3 nitrogen and oxygen atoms in total. The molecule has 0 amide bonds. The average molecular weight is 273 g/mol. The first-order valence-electron chi connectivity index (χ1n) is 7.32. The van der Waals surface area contributed by atoms with Crippen molar-refractivity contribution in [2.24, 2.45) is 0 Å². The Labute approximate surface area is 121 Å². The van der Waals surface area contributed by atoms with Crippen LogP contribution in [0.3, 0.4) is 0 Å². The number of hydrogen-bond donors (Lipinski definition) is 0. The van der Waals surface area contributed by atoms with Crippen LogP contribution in [0.2, 0.25) is 0 Å². The Kier molecular flexibility index (Phi) is 3.36. The van der Waals surface area contributed by atoms with Crippen molar-refractivity contribution < 1.29 is 9.47 Å². The lowest BCUT2D eigenvalue weighted by Gasteiger charge is -2.46. The van der Waals surface area contributed by atoms with Gasteiger partial charge in [-0.15, -0.1) is 0 Å². The summed E-state index contributed by atoms with van der Waals surface area (Å²) < 4.78 is 11.0. The van der Waals surface area contributed by atoms with Crippen LogP contribution in [-0.4, -0.2) is 32.2 Å². The van der Waals surface area contributed by atoms with E-state index >= 15 is 0 Å². The maximum Gasteiger partial charge on any atom is 0.123 e. The Bertz CT molecular complexity index is 526. The summed E-state index contributed by atoms with van der Waals surface area (Å²) in [6.45, 7) is 0. The molecular formula is C17H23NO2. The number of ether oxygens (including phenoxy) is 2. The minimum atomic E-state index is 0.106. The monoisotopic (exact) mass is 273 g/mol. The highest BCUT2D eigenvalue weighted by atomic mass is 16.5. The van der Waals surface area contributed by atoms with E-state index in [-0.39, 0.29) is 5.41 Å². The largest absolute Gasteiger partial charge is 0.497 e. The maximum atomic E-state index is 5.61. The molecule has 2 bridgehead atoms. The predicted molar refractivity (Wildman–Crippen MR) is 80.4 cm³/mol. The van der Waals surface area contributed by atoms with E-state index in [4.69, 9.17) is 9.47 Å². The molecular weight excluding hydrogens is 250 g/mol. The van der Waals surface area contributed by atoms with E-state index in [9.17, 15) is 0 Å². The SMILES string of the molecule is COc1ccc(OC)c([C@]23C=CN(C)[C@H](CCC2)C3)c1. The molecule has 0 saturated heterocycles. The minimum Gasteiger partial charge on any atom is -0.497 e. The van der Waals surface area contributed by atoms with Gasteiger partial charge in [0.2, 0.25) is 0 Å². The predicted octanol–water partition coefficient (Wildman–Crippen LogP) is 3.34. The molecule has 1 aromatic rings. The zero-order chi connectivity index (χ0) is 14.2. The van der Waals surface area contributed by atoms with Gasteiger partial charge in [-0.3, -0.25) is 0 Å². The fraction of sp³-hybridized carbons (Fsp3) is 0.529. The Morgan fingerprint density at radius 3 is 2.85 bits per heavy atom. The molecule has 3 rings (SSSR count). The molecule has 20 heavy (non-hydrogen) atoms. The van der Waals surface area contributed by atoms with Gasteiger partial charge >= 0.3 is 0 Å². The highest BCUT2D eigenvalue weighted by Gasteiger charge is 2.41. The number of benzene rings is 1. The van der Waals surface area contributed by atoms with Gasteiger partial charge in [0.05, 0.1) is 14.2 Å². The molecule has 0 spiro atoms. The molecule has 3 heteroatoms. The summed E-state index contributed by atoms with van der Waals surface area (Å²) in [6.07, 6.45) is 9.52. The molecule has 0 aromatic heterocycles. The molecule has 0 N–H and O–H groups in total. The van der Waals surface area contributed by atoms with E-state index in [2.05, 4.69) is 30.3 Å². The van der Waals surface area contributed by atoms with Gasteiger partial charge in [-0.05, 0) is 43.7 Å². The van der Waals surface area contributed by atoms with E-state index in [0.29, 0.717) is 6.04 Å². The van der Waals surface area contributed by atoms with Gasteiger partial charge in [0.1, 0.15) is 11.5 Å². The van der Waals surface area contributed by atoms with Crippen LogP contribution in [0.15, 0.2) is 30.5 Å². The molecule has 1 saturated carbocycles. The lowest BCUT2D eigenvalue weighted by atomic mass is 9.66. The van der Waals surface area contributed by atoms with Crippen LogP contribution in [-0.2, 0) is 5.41 Å². The van der Waals surface area contributed by atoms with Crippen LogP contribution in [0.5, 0.6) is 11.5 Å². The summed E-state index contributed by atoms with van der Waals surface area (Å²) in [6, 6.07) is 6.79. The van der Waals surface area contributed by atoms with Crippen molar-refractivity contribution >= 4 is 0 Å². The first-order valence-corrected chi connectivity index (χ1v) is 7.32. The van der Waals surface area contributed by atoms with E-state index in [1.54, 1.807) is 14.2 Å². The normalized spacial score (nSPS) is 28.4. The number of allylic oxidation sites excluding steroid dienone is 1. The molecule has 108 valence electrons. The van der Waals surface area contributed by atoms with Crippen molar-refractivity contribution in [3.05, 3.63) is 36.0 Å². The second-order valence-electron chi connectivity index (χ2n) is 5.95. The summed E-state index contributed by atoms with van der Waals surface area (Å²) >= 11 is 0. The standard InChI is InChI=1S/C17H23NO2/c1-18-10-9-17(8-4-5-13(18)12-17)15-11-14(19-2)6-7-16(15)20-3/h6-7,9-11,13H,4-5,8,12H2,1-3H3/t13-,17+/m1/s1. The minimum absolute atomic E-state index is 0.106. The van der Waals surface area contributed by atoms with Gasteiger partial charge in [0, 0.05) is 24.1 Å². The van der Waals surface area contributed by atoms with Crippen molar-refractivity contribution in [1.82, 2.24) is 4.90 Å². The highest BCUT2D eigenvalue weighted by molar-refractivity contribution is 5.48. The number of methoxy groups -OCH3 is 2. The molecule has 2 aliphatic rings. The van der Waals surface area contributed by atoms with Crippen LogP contribution < -0.4 is 9.47 Å². The van der Waals surface area contributed by atoms with E-state index in [1.807, 2.05) is 12.1 Å². The van der Waals surface area contributed by atoms with Crippen molar-refractivity contribution in [1.29, 1.82) is 0 Å². The lowest BCUT2D eigenvalue weighted by molar-refractivity contribution is 0.176. The smallest absolute Gasteiger partial charge is 0.123 e. The molecule has 2 atom stereocenters. The molecule has 1 aliphatic heterocycles. The molecule has 0 radical (unpaired) electrons. The Morgan fingerprint density at radius 2 is 2.10 bits per heavy atom. The van der Waals surface area contributed by atoms with Crippen LogP contribution in [0.25, 0.3) is 0 Å². The Balaban J connectivity index is 2.08. The fourth-order valence-electron chi connectivity index (χ4n) is 3.70. The number of fused-ring (bicyclic) bond motifs is 2. The first-order chi connectivity index (χ1) is 9.68. The number of rotatable bonds is 3. The van der Waals surface area contributed by atoms with Gasteiger partial charge in [-0.2, -0.15) is 0 Å². The van der Waals surface area contributed by atoms with Crippen molar-refractivity contribution in [2.45, 2.75) is 37.1 Å². The van der Waals surface area contributed by atoms with Gasteiger partial charge in [0.15, 0.2) is 0 Å². The molecule has 1 aliphatic carbocycles. The fourth-order valence-corrected chi connectivity index (χ4v) is 3.70. The van der Waals surface area contributed by atoms with Crippen LogP contribution in [0.4, 0.5) is 0 Å². The Hall–Kier alpha value is -1.64. The topological polar surface area (TPSA) is 21.7 Å². The average Bonchev–Trinajstić information content (AvgIpc) is 2.51. The quantitative estimate of drug-likeness (QED) is 0.843.